The maximum absolute atomic E-state index is 14.1. The average molecular weight is 566 g/mol. The fourth-order valence-electron chi connectivity index (χ4n) is 10.7. The van der Waals surface area contributed by atoms with Gasteiger partial charge in [0, 0.05) is 31.1 Å². The summed E-state index contributed by atoms with van der Waals surface area (Å²) >= 11 is 0. The van der Waals surface area contributed by atoms with Crippen LogP contribution in [0.2, 0.25) is 0 Å². The summed E-state index contributed by atoms with van der Waals surface area (Å²) in [6, 6.07) is 10.2. The van der Waals surface area contributed by atoms with Crippen LogP contribution in [0.3, 0.4) is 0 Å². The molecule has 6 rings (SSSR count). The number of esters is 1. The van der Waals surface area contributed by atoms with Crippen LogP contribution in [0, 0.1) is 46.3 Å². The summed E-state index contributed by atoms with van der Waals surface area (Å²) in [5, 5.41) is 25.3. The molecule has 0 bridgehead atoms. The monoisotopic (exact) mass is 565 g/mol. The summed E-state index contributed by atoms with van der Waals surface area (Å²) in [5.41, 5.74) is 0.0946. The van der Waals surface area contributed by atoms with E-state index >= 15 is 0 Å². The molecule has 1 saturated heterocycles. The number of ether oxygens (including phenoxy) is 1. The first kappa shape index (κ1) is 29.3. The van der Waals surface area contributed by atoms with E-state index < -0.39 is 17.1 Å². The molecule has 0 spiro atoms. The Morgan fingerprint density at radius 2 is 1.76 bits per heavy atom. The quantitative estimate of drug-likeness (QED) is 0.400. The zero-order chi connectivity index (χ0) is 29.0. The molecule has 1 heterocycles. The van der Waals surface area contributed by atoms with E-state index in [9.17, 15) is 19.8 Å². The molecule has 6 heteroatoms. The number of benzene rings is 1. The first-order chi connectivity index (χ1) is 19.6. The van der Waals surface area contributed by atoms with Gasteiger partial charge in [-0.3, -0.25) is 9.59 Å². The number of fused-ring (bicyclic) bond motifs is 5. The molecule has 2 unspecified atom stereocenters. The van der Waals surface area contributed by atoms with Crippen molar-refractivity contribution in [2.45, 2.75) is 109 Å². The molecule has 5 fully saturated rings. The Morgan fingerprint density at radius 1 is 1.02 bits per heavy atom. The second-order valence-electron chi connectivity index (χ2n) is 14.9. The van der Waals surface area contributed by atoms with Crippen molar-refractivity contribution in [3.8, 4) is 0 Å². The number of aliphatic hydroxyl groups is 2. The van der Waals surface area contributed by atoms with Crippen molar-refractivity contribution in [3.05, 3.63) is 35.9 Å². The predicted octanol–water partition coefficient (Wildman–Crippen LogP) is 5.39. The zero-order valence-electron chi connectivity index (χ0n) is 25.3. The van der Waals surface area contributed by atoms with E-state index in [0.717, 1.165) is 76.4 Å². The van der Waals surface area contributed by atoms with E-state index in [1.807, 2.05) is 18.2 Å². The van der Waals surface area contributed by atoms with Crippen LogP contribution in [-0.4, -0.2) is 47.3 Å². The number of aliphatic hydroxyl groups excluding tert-OH is 2. The van der Waals surface area contributed by atoms with E-state index in [4.69, 9.17) is 4.74 Å². The number of rotatable bonds is 6. The van der Waals surface area contributed by atoms with Gasteiger partial charge in [0.1, 0.15) is 11.4 Å². The molecule has 4 saturated carbocycles. The van der Waals surface area contributed by atoms with Gasteiger partial charge in [0.05, 0.1) is 12.2 Å². The largest absolute Gasteiger partial charge is 0.454 e. The van der Waals surface area contributed by atoms with Crippen LogP contribution in [0.5, 0.6) is 0 Å². The lowest BCUT2D eigenvalue weighted by Crippen LogP contribution is -2.61. The van der Waals surface area contributed by atoms with Crippen molar-refractivity contribution >= 4 is 11.8 Å². The Labute approximate surface area is 246 Å². The molecule has 1 aromatic carbocycles. The molecule has 3 N–H and O–H groups in total. The normalized spacial score (nSPS) is 42.5. The maximum Gasteiger partial charge on any atom is 0.306 e. The molecular weight excluding hydrogens is 514 g/mol. The average Bonchev–Trinajstić information content (AvgIpc) is 3.32. The molecule has 1 aromatic rings. The topological polar surface area (TPSA) is 95.9 Å². The number of carbonyl (C=O) groups excluding carboxylic acids is 2. The predicted molar refractivity (Wildman–Crippen MR) is 158 cm³/mol. The minimum Gasteiger partial charge on any atom is -0.454 e. The highest BCUT2D eigenvalue weighted by molar-refractivity contribution is 5.87. The van der Waals surface area contributed by atoms with Gasteiger partial charge in [-0.05, 0) is 105 Å². The molecule has 1 aliphatic heterocycles. The number of hydrogen-bond acceptors (Lipinski definition) is 6. The van der Waals surface area contributed by atoms with Crippen molar-refractivity contribution in [3.63, 3.8) is 0 Å². The number of ketones is 1. The van der Waals surface area contributed by atoms with Gasteiger partial charge >= 0.3 is 5.97 Å². The molecule has 41 heavy (non-hydrogen) atoms. The van der Waals surface area contributed by atoms with Crippen molar-refractivity contribution in [2.75, 3.05) is 13.1 Å². The Kier molecular flexibility index (Phi) is 7.91. The van der Waals surface area contributed by atoms with E-state index in [0.29, 0.717) is 24.5 Å². The smallest absolute Gasteiger partial charge is 0.306 e. The Morgan fingerprint density at radius 3 is 2.49 bits per heavy atom. The maximum atomic E-state index is 14.1. The summed E-state index contributed by atoms with van der Waals surface area (Å²) in [6.07, 6.45) is 7.74. The third-order valence-corrected chi connectivity index (χ3v) is 13.1. The molecule has 0 aromatic heterocycles. The van der Waals surface area contributed by atoms with Crippen LogP contribution < -0.4 is 5.32 Å². The molecule has 4 aliphatic carbocycles. The highest BCUT2D eigenvalue weighted by Crippen LogP contribution is 2.67. The molecule has 6 nitrogen and oxygen atoms in total. The summed E-state index contributed by atoms with van der Waals surface area (Å²) in [5.74, 6) is 1.54. The number of carbonyl (C=O) groups is 2. The SMILES string of the molecule is C[C@H](CCC(=O)OC1(c2ccccc2)CCNCC1)[C@H]1CC[C@H]2[C@@H]3C(O)C[C@@H]4CC(O)CC[C@]4(C)[C@H]3CC(=O)[C@]12C. The summed E-state index contributed by atoms with van der Waals surface area (Å²) in [7, 11) is 0. The molecule has 226 valence electrons. The highest BCUT2D eigenvalue weighted by Gasteiger charge is 2.65. The van der Waals surface area contributed by atoms with E-state index in [-0.39, 0.29) is 47.1 Å². The van der Waals surface area contributed by atoms with Gasteiger partial charge in [0.15, 0.2) is 0 Å². The molecule has 0 radical (unpaired) electrons. The van der Waals surface area contributed by atoms with Crippen molar-refractivity contribution in [1.82, 2.24) is 5.32 Å². The fourth-order valence-corrected chi connectivity index (χ4v) is 10.7. The standard InChI is InChI=1S/C35H51NO5/c1-22(9-12-31(40)41-35(15-17-36-18-16-35)23-7-5-4-6-8-23)26-10-11-27-32-28(21-30(39)34(26,27)3)33(2)14-13-25(37)19-24(33)20-29(32)38/h4-8,22,24-29,32,36-38H,9-21H2,1-3H3/t22-,24+,25?,26-,27+,28+,29?,32+,33+,34-/m1/s1. The minimum absolute atomic E-state index is 0.0247. The van der Waals surface area contributed by atoms with E-state index in [1.165, 1.54) is 0 Å². The lowest BCUT2D eigenvalue weighted by atomic mass is 9.43. The Balaban J connectivity index is 1.14. The first-order valence-electron chi connectivity index (χ1n) is 16.5. The molecular formula is C35H51NO5. The second kappa shape index (κ2) is 11.1. The van der Waals surface area contributed by atoms with Gasteiger partial charge in [0.25, 0.3) is 0 Å². The van der Waals surface area contributed by atoms with Crippen molar-refractivity contribution in [1.29, 1.82) is 0 Å². The van der Waals surface area contributed by atoms with Gasteiger partial charge < -0.3 is 20.3 Å². The van der Waals surface area contributed by atoms with Crippen molar-refractivity contribution in [2.24, 2.45) is 46.3 Å². The van der Waals surface area contributed by atoms with Crippen LogP contribution in [0.1, 0.15) is 97.0 Å². The zero-order valence-corrected chi connectivity index (χ0v) is 25.3. The van der Waals surface area contributed by atoms with Crippen LogP contribution in [0.25, 0.3) is 0 Å². The van der Waals surface area contributed by atoms with Crippen LogP contribution in [-0.2, 0) is 19.9 Å². The van der Waals surface area contributed by atoms with Gasteiger partial charge in [0.2, 0.25) is 0 Å². The van der Waals surface area contributed by atoms with Gasteiger partial charge in [-0.15, -0.1) is 0 Å². The third kappa shape index (κ3) is 4.90. The number of piperidine rings is 1. The van der Waals surface area contributed by atoms with Crippen LogP contribution in [0.15, 0.2) is 30.3 Å². The molecule has 0 amide bonds. The highest BCUT2D eigenvalue weighted by atomic mass is 16.6. The molecule has 10 atom stereocenters. The Bertz CT molecular complexity index is 1120. The van der Waals surface area contributed by atoms with Crippen molar-refractivity contribution < 1.29 is 24.5 Å². The minimum atomic E-state index is -0.564. The van der Waals surface area contributed by atoms with Gasteiger partial charge in [-0.1, -0.05) is 51.1 Å². The number of hydrogen-bond donors (Lipinski definition) is 3. The van der Waals surface area contributed by atoms with E-state index in [2.05, 4.69) is 38.2 Å². The van der Waals surface area contributed by atoms with Crippen LogP contribution in [0.4, 0.5) is 0 Å². The lowest BCUT2D eigenvalue weighted by Gasteiger charge is -2.61. The summed E-state index contributed by atoms with van der Waals surface area (Å²) < 4.78 is 6.29. The number of nitrogens with one attached hydrogen (secondary N) is 1. The van der Waals surface area contributed by atoms with Gasteiger partial charge in [-0.25, -0.2) is 0 Å². The Hall–Kier alpha value is -1.76. The fraction of sp³-hybridized carbons (Fsp3) is 0.771. The van der Waals surface area contributed by atoms with Crippen LogP contribution >= 0.6 is 0 Å². The van der Waals surface area contributed by atoms with Gasteiger partial charge in [-0.2, -0.15) is 0 Å². The lowest BCUT2D eigenvalue weighted by molar-refractivity contribution is -0.181. The molecule has 5 aliphatic rings. The third-order valence-electron chi connectivity index (χ3n) is 13.1. The number of Topliss-reactive ketones (excluding diaryl/α,β-unsaturated/α-hetero) is 1. The van der Waals surface area contributed by atoms with E-state index in [1.54, 1.807) is 0 Å². The first-order valence-corrected chi connectivity index (χ1v) is 16.5. The summed E-state index contributed by atoms with van der Waals surface area (Å²) in [6.45, 7) is 8.41. The summed E-state index contributed by atoms with van der Waals surface area (Å²) in [4.78, 5) is 27.4. The second-order valence-corrected chi connectivity index (χ2v) is 14.9.